The maximum Gasteiger partial charge on any atom is 0.231 e. The van der Waals surface area contributed by atoms with Crippen LogP contribution >= 0.6 is 0 Å². The second-order valence-corrected chi connectivity index (χ2v) is 6.44. The maximum atomic E-state index is 6.14. The average Bonchev–Trinajstić information content (AvgIpc) is 3.05. The van der Waals surface area contributed by atoms with Crippen molar-refractivity contribution in [3.05, 3.63) is 11.7 Å². The second kappa shape index (κ2) is 6.44. The fraction of sp³-hybridized carbons (Fsp3) is 0.875. The molecule has 0 bridgehead atoms. The minimum absolute atomic E-state index is 0.317. The molecule has 3 rings (SSSR count). The summed E-state index contributed by atoms with van der Waals surface area (Å²) in [4.78, 5) is 4.76. The topological polar surface area (TPSA) is 60.2 Å². The van der Waals surface area contributed by atoms with Crippen molar-refractivity contribution in [3.8, 4) is 0 Å². The van der Waals surface area contributed by atoms with Crippen LogP contribution < -0.4 is 5.32 Å². The SMILES string of the molecule is CCOC1(c2noc(C3CCNC3C)n2)CCCCCC1. The molecule has 118 valence electrons. The van der Waals surface area contributed by atoms with Crippen LogP contribution in [0.4, 0.5) is 0 Å². The van der Waals surface area contributed by atoms with E-state index in [1.165, 1.54) is 25.7 Å². The molecule has 1 aliphatic carbocycles. The van der Waals surface area contributed by atoms with Gasteiger partial charge in [-0.2, -0.15) is 4.98 Å². The smallest absolute Gasteiger partial charge is 0.231 e. The summed E-state index contributed by atoms with van der Waals surface area (Å²) in [6.07, 6.45) is 8.03. The molecule has 5 heteroatoms. The summed E-state index contributed by atoms with van der Waals surface area (Å²) >= 11 is 0. The molecule has 1 aromatic heterocycles. The molecule has 1 aliphatic heterocycles. The van der Waals surface area contributed by atoms with Crippen LogP contribution in [0, 0.1) is 0 Å². The summed E-state index contributed by atoms with van der Waals surface area (Å²) in [5.74, 6) is 1.90. The van der Waals surface area contributed by atoms with Crippen LogP contribution in [0.5, 0.6) is 0 Å². The minimum Gasteiger partial charge on any atom is -0.367 e. The zero-order valence-electron chi connectivity index (χ0n) is 13.2. The number of ether oxygens (including phenoxy) is 1. The number of nitrogens with zero attached hydrogens (tertiary/aromatic N) is 2. The van der Waals surface area contributed by atoms with E-state index >= 15 is 0 Å². The number of rotatable bonds is 4. The third-order valence-corrected chi connectivity index (χ3v) is 5.02. The van der Waals surface area contributed by atoms with E-state index < -0.39 is 0 Å². The molecule has 2 heterocycles. The highest BCUT2D eigenvalue weighted by Crippen LogP contribution is 2.39. The summed E-state index contributed by atoms with van der Waals surface area (Å²) in [5, 5.41) is 7.75. The van der Waals surface area contributed by atoms with Gasteiger partial charge in [0.1, 0.15) is 5.60 Å². The molecule has 1 saturated carbocycles. The van der Waals surface area contributed by atoms with E-state index in [1.807, 2.05) is 0 Å². The van der Waals surface area contributed by atoms with Crippen molar-refractivity contribution in [2.24, 2.45) is 0 Å². The first-order chi connectivity index (χ1) is 10.2. The van der Waals surface area contributed by atoms with E-state index in [-0.39, 0.29) is 5.60 Å². The molecule has 0 aromatic carbocycles. The van der Waals surface area contributed by atoms with Crippen LogP contribution in [0.3, 0.4) is 0 Å². The molecule has 0 radical (unpaired) electrons. The van der Waals surface area contributed by atoms with E-state index in [1.54, 1.807) is 0 Å². The molecule has 1 saturated heterocycles. The first-order valence-electron chi connectivity index (χ1n) is 8.46. The van der Waals surface area contributed by atoms with Gasteiger partial charge in [-0.05, 0) is 39.7 Å². The standard InChI is InChI=1S/C16H27N3O2/c1-3-20-16(9-6-4-5-7-10-16)15-18-14(21-19-15)13-8-11-17-12(13)2/h12-13,17H,3-11H2,1-2H3. The van der Waals surface area contributed by atoms with Crippen LogP contribution in [-0.4, -0.2) is 29.3 Å². The Morgan fingerprint density at radius 1 is 1.29 bits per heavy atom. The van der Waals surface area contributed by atoms with E-state index in [0.717, 1.165) is 37.5 Å². The van der Waals surface area contributed by atoms with Crippen molar-refractivity contribution in [3.63, 3.8) is 0 Å². The molecule has 0 spiro atoms. The lowest BCUT2D eigenvalue weighted by molar-refractivity contribution is -0.0636. The van der Waals surface area contributed by atoms with Crippen LogP contribution in [0.25, 0.3) is 0 Å². The van der Waals surface area contributed by atoms with E-state index in [2.05, 4.69) is 24.3 Å². The molecule has 2 atom stereocenters. The quantitative estimate of drug-likeness (QED) is 0.864. The Labute approximate surface area is 126 Å². The summed E-state index contributed by atoms with van der Waals surface area (Å²) in [6.45, 7) is 5.97. The predicted molar refractivity (Wildman–Crippen MR) is 80.1 cm³/mol. The van der Waals surface area contributed by atoms with Crippen molar-refractivity contribution in [1.82, 2.24) is 15.5 Å². The summed E-state index contributed by atoms with van der Waals surface area (Å²) < 4.78 is 11.7. The molecule has 2 unspecified atom stereocenters. The van der Waals surface area contributed by atoms with Gasteiger partial charge in [-0.3, -0.25) is 0 Å². The number of hydrogen-bond donors (Lipinski definition) is 1. The average molecular weight is 293 g/mol. The van der Waals surface area contributed by atoms with Gasteiger partial charge in [-0.15, -0.1) is 0 Å². The number of nitrogens with one attached hydrogen (secondary N) is 1. The van der Waals surface area contributed by atoms with E-state index in [0.29, 0.717) is 18.6 Å². The van der Waals surface area contributed by atoms with Crippen LogP contribution in [0.15, 0.2) is 4.52 Å². The largest absolute Gasteiger partial charge is 0.367 e. The van der Waals surface area contributed by atoms with Gasteiger partial charge in [-0.1, -0.05) is 30.8 Å². The first kappa shape index (κ1) is 15.0. The maximum absolute atomic E-state index is 6.14. The number of aromatic nitrogens is 2. The molecular weight excluding hydrogens is 266 g/mol. The molecule has 1 N–H and O–H groups in total. The van der Waals surface area contributed by atoms with Crippen molar-refractivity contribution in [1.29, 1.82) is 0 Å². The zero-order valence-corrected chi connectivity index (χ0v) is 13.2. The Morgan fingerprint density at radius 3 is 2.67 bits per heavy atom. The number of hydrogen-bond acceptors (Lipinski definition) is 5. The monoisotopic (exact) mass is 293 g/mol. The third-order valence-electron chi connectivity index (χ3n) is 5.02. The highest BCUT2D eigenvalue weighted by atomic mass is 16.5. The molecule has 2 fully saturated rings. The van der Waals surface area contributed by atoms with Crippen molar-refractivity contribution < 1.29 is 9.26 Å². The molecule has 2 aliphatic rings. The van der Waals surface area contributed by atoms with Gasteiger partial charge in [-0.25, -0.2) is 0 Å². The van der Waals surface area contributed by atoms with E-state index in [4.69, 9.17) is 14.2 Å². The Morgan fingerprint density at radius 2 is 2.05 bits per heavy atom. The van der Waals surface area contributed by atoms with Crippen LogP contribution in [-0.2, 0) is 10.3 Å². The van der Waals surface area contributed by atoms with Gasteiger partial charge >= 0.3 is 0 Å². The highest BCUT2D eigenvalue weighted by molar-refractivity contribution is 5.07. The Bertz CT molecular complexity index is 452. The molecule has 1 aromatic rings. The molecular formula is C16H27N3O2. The minimum atomic E-state index is -0.317. The van der Waals surface area contributed by atoms with Gasteiger partial charge < -0.3 is 14.6 Å². The van der Waals surface area contributed by atoms with Crippen molar-refractivity contribution in [2.45, 2.75) is 76.4 Å². The Hall–Kier alpha value is -0.940. The molecule has 5 nitrogen and oxygen atoms in total. The lowest BCUT2D eigenvalue weighted by atomic mass is 9.93. The van der Waals surface area contributed by atoms with E-state index in [9.17, 15) is 0 Å². The molecule has 0 amide bonds. The fourth-order valence-corrected chi connectivity index (χ4v) is 3.78. The summed E-state index contributed by atoms with van der Waals surface area (Å²) in [7, 11) is 0. The van der Waals surface area contributed by atoms with Crippen LogP contribution in [0.2, 0.25) is 0 Å². The summed E-state index contributed by atoms with van der Waals surface area (Å²) in [6, 6.07) is 0.412. The lowest BCUT2D eigenvalue weighted by Gasteiger charge is -2.29. The highest BCUT2D eigenvalue weighted by Gasteiger charge is 2.39. The normalized spacial score (nSPS) is 29.4. The van der Waals surface area contributed by atoms with Crippen molar-refractivity contribution in [2.75, 3.05) is 13.2 Å². The molecule has 21 heavy (non-hydrogen) atoms. The second-order valence-electron chi connectivity index (χ2n) is 6.44. The Balaban J connectivity index is 1.84. The van der Waals surface area contributed by atoms with Crippen molar-refractivity contribution >= 4 is 0 Å². The lowest BCUT2D eigenvalue weighted by Crippen LogP contribution is -2.31. The van der Waals surface area contributed by atoms with Gasteiger partial charge in [0.05, 0.1) is 5.92 Å². The zero-order chi connectivity index (χ0) is 14.7. The Kier molecular flexibility index (Phi) is 4.60. The third kappa shape index (κ3) is 2.99. The van der Waals surface area contributed by atoms with Crippen LogP contribution in [0.1, 0.15) is 76.4 Å². The fourth-order valence-electron chi connectivity index (χ4n) is 3.78. The first-order valence-corrected chi connectivity index (χ1v) is 8.46. The predicted octanol–water partition coefficient (Wildman–Crippen LogP) is 3.12. The van der Waals surface area contributed by atoms with Gasteiger partial charge in [0, 0.05) is 12.6 Å². The summed E-state index contributed by atoms with van der Waals surface area (Å²) in [5.41, 5.74) is -0.317. The van der Waals surface area contributed by atoms with Gasteiger partial charge in [0.2, 0.25) is 11.7 Å². The van der Waals surface area contributed by atoms with Gasteiger partial charge in [0.25, 0.3) is 0 Å². The van der Waals surface area contributed by atoms with Gasteiger partial charge in [0.15, 0.2) is 0 Å².